The van der Waals surface area contributed by atoms with Crippen molar-refractivity contribution in [2.24, 2.45) is 5.73 Å². The van der Waals surface area contributed by atoms with Crippen molar-refractivity contribution in [1.29, 1.82) is 0 Å². The van der Waals surface area contributed by atoms with Crippen LogP contribution in [0.1, 0.15) is 27.7 Å². The van der Waals surface area contributed by atoms with Crippen molar-refractivity contribution in [2.45, 2.75) is 39.3 Å². The second-order valence-electron chi connectivity index (χ2n) is 3.66. The van der Waals surface area contributed by atoms with Gasteiger partial charge in [-0.3, -0.25) is 0 Å². The molecule has 0 spiro atoms. The molecule has 1 unspecified atom stereocenters. The Morgan fingerprint density at radius 1 is 1.62 bits per heavy atom. The minimum Gasteiger partial charge on any atom is -0.457 e. The van der Waals surface area contributed by atoms with Crippen molar-refractivity contribution in [3.8, 4) is 0 Å². The summed E-state index contributed by atoms with van der Waals surface area (Å²) in [4.78, 5) is 11.2. The average Bonchev–Trinajstić information content (AvgIpc) is 2.01. The molecular formula is C9H16ClNO2. The Hall–Kier alpha value is -0.540. The van der Waals surface area contributed by atoms with Crippen LogP contribution in [0.3, 0.4) is 0 Å². The summed E-state index contributed by atoms with van der Waals surface area (Å²) in [6.45, 7) is 6.93. The van der Waals surface area contributed by atoms with Crippen LogP contribution in [-0.4, -0.2) is 17.6 Å². The van der Waals surface area contributed by atoms with Crippen molar-refractivity contribution in [3.63, 3.8) is 0 Å². The number of hydrogen-bond donors (Lipinski definition) is 1. The maximum absolute atomic E-state index is 11.2. The monoisotopic (exact) mass is 205 g/mol. The molecule has 0 rings (SSSR count). The molecule has 13 heavy (non-hydrogen) atoms. The molecule has 0 bridgehead atoms. The van der Waals surface area contributed by atoms with Crippen LogP contribution < -0.4 is 5.73 Å². The van der Waals surface area contributed by atoms with Gasteiger partial charge < -0.3 is 10.5 Å². The van der Waals surface area contributed by atoms with E-state index in [4.69, 9.17) is 22.1 Å². The van der Waals surface area contributed by atoms with Gasteiger partial charge in [-0.05, 0) is 27.7 Å². The quantitative estimate of drug-likeness (QED) is 0.565. The molecule has 0 aromatic heterocycles. The number of esters is 1. The summed E-state index contributed by atoms with van der Waals surface area (Å²) in [5, 5.41) is 0. The second-order valence-corrected chi connectivity index (χ2v) is 3.88. The molecule has 2 N–H and O–H groups in total. The molecule has 0 saturated heterocycles. The molecule has 0 radical (unpaired) electrons. The largest absolute Gasteiger partial charge is 0.457 e. The Bertz CT molecular complexity index is 218. The summed E-state index contributed by atoms with van der Waals surface area (Å²) in [7, 11) is 0. The SMILES string of the molecule is CC(=CCl)C(=O)OC(C)C(C)(C)N. The molecule has 0 aromatic rings. The second kappa shape index (κ2) is 4.63. The molecule has 3 nitrogen and oxygen atoms in total. The third kappa shape index (κ3) is 4.29. The molecule has 0 heterocycles. The zero-order valence-corrected chi connectivity index (χ0v) is 9.18. The van der Waals surface area contributed by atoms with Gasteiger partial charge >= 0.3 is 5.97 Å². The van der Waals surface area contributed by atoms with E-state index in [9.17, 15) is 4.79 Å². The van der Waals surface area contributed by atoms with E-state index in [1.807, 2.05) is 0 Å². The summed E-state index contributed by atoms with van der Waals surface area (Å²) in [6, 6.07) is 0. The summed E-state index contributed by atoms with van der Waals surface area (Å²) in [6.07, 6.45) is -0.341. The summed E-state index contributed by atoms with van der Waals surface area (Å²) in [5.41, 5.74) is 6.77. The van der Waals surface area contributed by atoms with Crippen molar-refractivity contribution >= 4 is 17.6 Å². The average molecular weight is 206 g/mol. The molecule has 76 valence electrons. The van der Waals surface area contributed by atoms with E-state index in [-0.39, 0.29) is 6.10 Å². The first-order valence-electron chi connectivity index (χ1n) is 4.06. The number of rotatable bonds is 3. The first-order chi connectivity index (χ1) is 5.79. The third-order valence-electron chi connectivity index (χ3n) is 1.82. The number of halogens is 1. The Labute approximate surface area is 83.9 Å². The molecule has 0 saturated carbocycles. The van der Waals surface area contributed by atoms with Gasteiger partial charge in [0.15, 0.2) is 0 Å². The maximum atomic E-state index is 11.2. The molecule has 0 aliphatic rings. The smallest absolute Gasteiger partial charge is 0.334 e. The van der Waals surface area contributed by atoms with E-state index in [1.165, 1.54) is 5.54 Å². The van der Waals surface area contributed by atoms with E-state index in [2.05, 4.69) is 0 Å². The lowest BCUT2D eigenvalue weighted by molar-refractivity contribution is -0.146. The highest BCUT2D eigenvalue weighted by molar-refractivity contribution is 6.27. The van der Waals surface area contributed by atoms with Crippen LogP contribution in [0.5, 0.6) is 0 Å². The van der Waals surface area contributed by atoms with Crippen LogP contribution in [0.25, 0.3) is 0 Å². The molecule has 0 aromatic carbocycles. The van der Waals surface area contributed by atoms with Gasteiger partial charge in [-0.2, -0.15) is 0 Å². The normalized spacial score (nSPS) is 15.4. The number of hydrogen-bond acceptors (Lipinski definition) is 3. The van der Waals surface area contributed by atoms with Gasteiger partial charge in [0, 0.05) is 16.6 Å². The van der Waals surface area contributed by atoms with Gasteiger partial charge in [0.1, 0.15) is 6.10 Å². The van der Waals surface area contributed by atoms with Crippen LogP contribution in [0.4, 0.5) is 0 Å². The summed E-state index contributed by atoms with van der Waals surface area (Å²) in [5.74, 6) is -0.430. The van der Waals surface area contributed by atoms with Crippen LogP contribution in [0.2, 0.25) is 0 Å². The molecule has 4 heteroatoms. The maximum Gasteiger partial charge on any atom is 0.334 e. The van der Waals surface area contributed by atoms with Crippen molar-refractivity contribution in [1.82, 2.24) is 0 Å². The fourth-order valence-corrected chi connectivity index (χ4v) is 0.539. The highest BCUT2D eigenvalue weighted by atomic mass is 35.5. The van der Waals surface area contributed by atoms with Crippen LogP contribution in [0, 0.1) is 0 Å². The zero-order chi connectivity index (χ0) is 10.6. The minimum atomic E-state index is -0.539. The van der Waals surface area contributed by atoms with Gasteiger partial charge in [-0.15, -0.1) is 0 Å². The highest BCUT2D eigenvalue weighted by Crippen LogP contribution is 2.11. The van der Waals surface area contributed by atoms with Gasteiger partial charge in [0.05, 0.1) is 0 Å². The van der Waals surface area contributed by atoms with Gasteiger partial charge in [0.25, 0.3) is 0 Å². The highest BCUT2D eigenvalue weighted by Gasteiger charge is 2.24. The fourth-order valence-electron chi connectivity index (χ4n) is 0.450. The van der Waals surface area contributed by atoms with Crippen molar-refractivity contribution < 1.29 is 9.53 Å². The zero-order valence-electron chi connectivity index (χ0n) is 8.43. The Kier molecular flexibility index (Phi) is 4.44. The van der Waals surface area contributed by atoms with Gasteiger partial charge in [0.2, 0.25) is 0 Å². The molecule has 0 amide bonds. The molecule has 0 fully saturated rings. The molecule has 1 atom stereocenters. The number of nitrogens with two attached hydrogens (primary N) is 1. The Morgan fingerprint density at radius 3 is 2.38 bits per heavy atom. The van der Waals surface area contributed by atoms with E-state index < -0.39 is 11.5 Å². The molecule has 0 aliphatic carbocycles. The topological polar surface area (TPSA) is 52.3 Å². The fraction of sp³-hybridized carbons (Fsp3) is 0.667. The van der Waals surface area contributed by atoms with Crippen LogP contribution in [0.15, 0.2) is 11.1 Å². The van der Waals surface area contributed by atoms with E-state index in [1.54, 1.807) is 27.7 Å². The number of carbonyl (C=O) groups is 1. The lowest BCUT2D eigenvalue weighted by atomic mass is 10.0. The van der Waals surface area contributed by atoms with Crippen molar-refractivity contribution in [3.05, 3.63) is 11.1 Å². The third-order valence-corrected chi connectivity index (χ3v) is 2.14. The number of ether oxygens (including phenoxy) is 1. The Morgan fingerprint density at radius 2 is 2.08 bits per heavy atom. The van der Waals surface area contributed by atoms with Crippen LogP contribution >= 0.6 is 11.6 Å². The molecular weight excluding hydrogens is 190 g/mol. The predicted octanol–water partition coefficient (Wildman–Crippen LogP) is 1.80. The summed E-state index contributed by atoms with van der Waals surface area (Å²) < 4.78 is 5.05. The van der Waals surface area contributed by atoms with E-state index in [0.717, 1.165) is 0 Å². The van der Waals surface area contributed by atoms with Gasteiger partial charge in [-0.25, -0.2) is 4.79 Å². The first kappa shape index (κ1) is 12.5. The summed E-state index contributed by atoms with van der Waals surface area (Å²) >= 11 is 5.35. The van der Waals surface area contributed by atoms with E-state index >= 15 is 0 Å². The number of carbonyl (C=O) groups excluding carboxylic acids is 1. The predicted molar refractivity (Wildman–Crippen MR) is 53.4 cm³/mol. The standard InChI is InChI=1S/C9H16ClNO2/c1-6(5-10)8(12)13-7(2)9(3,4)11/h5,7H,11H2,1-4H3. The first-order valence-corrected chi connectivity index (χ1v) is 4.49. The van der Waals surface area contributed by atoms with E-state index in [0.29, 0.717) is 5.57 Å². The minimum absolute atomic E-state index is 0.341. The Balaban J connectivity index is 4.23. The lowest BCUT2D eigenvalue weighted by Crippen LogP contribution is -2.45. The lowest BCUT2D eigenvalue weighted by Gasteiger charge is -2.26. The van der Waals surface area contributed by atoms with Gasteiger partial charge in [-0.1, -0.05) is 11.6 Å². The molecule has 0 aliphatic heterocycles. The van der Waals surface area contributed by atoms with Crippen LogP contribution in [-0.2, 0) is 9.53 Å². The van der Waals surface area contributed by atoms with Crippen molar-refractivity contribution in [2.75, 3.05) is 0 Å².